The largest absolute Gasteiger partial charge is 0.414 e. The fourth-order valence-corrected chi connectivity index (χ4v) is 2.04. The number of hydrogen-bond acceptors (Lipinski definition) is 0. The van der Waals surface area contributed by atoms with E-state index in [1.807, 2.05) is 22.6 Å². The molecule has 0 aromatic carbocycles. The van der Waals surface area contributed by atoms with Crippen molar-refractivity contribution in [3.8, 4) is 0 Å². The predicted molar refractivity (Wildman–Crippen MR) is 50.3 cm³/mol. The van der Waals surface area contributed by atoms with Gasteiger partial charge in [-0.3, -0.25) is 0 Å². The van der Waals surface area contributed by atoms with Gasteiger partial charge in [0.25, 0.3) is 0 Å². The number of alkyl halides is 3. The second-order valence-electron chi connectivity index (χ2n) is 2.42. The fraction of sp³-hybridized carbons (Fsp3) is 0.429. The van der Waals surface area contributed by atoms with Crippen LogP contribution in [0.3, 0.4) is 0 Å². The van der Waals surface area contributed by atoms with E-state index in [9.17, 15) is 13.2 Å². The Bertz CT molecular complexity index is 252. The molecule has 5 heteroatoms. The maximum atomic E-state index is 12.1. The first-order valence-electron chi connectivity index (χ1n) is 3.23. The highest BCUT2D eigenvalue weighted by Gasteiger charge is 2.36. The molecule has 0 radical (unpaired) electrons. The van der Waals surface area contributed by atoms with Crippen molar-refractivity contribution < 1.29 is 13.2 Å². The Balaban J connectivity index is 2.98. The third kappa shape index (κ3) is 2.39. The Kier molecular flexibility index (Phi) is 3.09. The minimum atomic E-state index is -4.27. The topological polar surface area (TPSA) is 0 Å². The number of allylic oxidation sites excluding steroid dienone is 4. The summed E-state index contributed by atoms with van der Waals surface area (Å²) in [4.78, 5) is 0. The molecule has 0 heterocycles. The standard InChI is InChI=1S/C7H5ClF3I/c8-6-3-4(12)1-2-5(6)7(9,10)11/h3H,1-2H2. The van der Waals surface area contributed by atoms with Crippen molar-refractivity contribution in [1.29, 1.82) is 0 Å². The van der Waals surface area contributed by atoms with Crippen LogP contribution in [0.4, 0.5) is 13.2 Å². The zero-order valence-corrected chi connectivity index (χ0v) is 8.79. The SMILES string of the molecule is FC(F)(F)C1=C(Cl)C=C(I)CC1. The monoisotopic (exact) mass is 308 g/mol. The molecule has 0 saturated carbocycles. The van der Waals surface area contributed by atoms with Crippen LogP contribution < -0.4 is 0 Å². The van der Waals surface area contributed by atoms with Crippen molar-refractivity contribution >= 4 is 34.2 Å². The van der Waals surface area contributed by atoms with E-state index < -0.39 is 11.7 Å². The molecule has 0 aliphatic heterocycles. The fourth-order valence-electron chi connectivity index (χ4n) is 0.938. The highest BCUT2D eigenvalue weighted by atomic mass is 127. The van der Waals surface area contributed by atoms with Crippen LogP contribution in [0.25, 0.3) is 0 Å². The van der Waals surface area contributed by atoms with Crippen LogP contribution in [0.15, 0.2) is 20.3 Å². The van der Waals surface area contributed by atoms with E-state index in [2.05, 4.69) is 0 Å². The Morgan fingerprint density at radius 3 is 2.33 bits per heavy atom. The molecule has 0 amide bonds. The van der Waals surface area contributed by atoms with Crippen molar-refractivity contribution in [2.45, 2.75) is 19.0 Å². The summed E-state index contributed by atoms with van der Waals surface area (Å²) in [5.41, 5.74) is -0.607. The molecule has 0 fully saturated rings. The number of rotatable bonds is 0. The first-order valence-corrected chi connectivity index (χ1v) is 4.69. The van der Waals surface area contributed by atoms with E-state index in [1.54, 1.807) is 0 Å². The molecule has 1 aliphatic rings. The summed E-state index contributed by atoms with van der Waals surface area (Å²) in [5.74, 6) is 0. The van der Waals surface area contributed by atoms with Crippen LogP contribution in [0, 0.1) is 0 Å². The summed E-state index contributed by atoms with van der Waals surface area (Å²) < 4.78 is 37.3. The first kappa shape index (κ1) is 10.4. The van der Waals surface area contributed by atoms with Crippen molar-refractivity contribution in [1.82, 2.24) is 0 Å². The Hall–Kier alpha value is 0.290. The molecule has 0 unspecified atom stereocenters. The van der Waals surface area contributed by atoms with Crippen molar-refractivity contribution in [3.05, 3.63) is 20.3 Å². The summed E-state index contributed by atoms with van der Waals surface area (Å²) in [6.07, 6.45) is -2.47. The highest BCUT2D eigenvalue weighted by Crippen LogP contribution is 2.39. The van der Waals surface area contributed by atoms with Crippen LogP contribution in [0.1, 0.15) is 12.8 Å². The molecule has 0 nitrogen and oxygen atoms in total. The van der Waals surface area contributed by atoms with Crippen LogP contribution >= 0.6 is 34.2 Å². The summed E-state index contributed by atoms with van der Waals surface area (Å²) in [5, 5.41) is -0.168. The van der Waals surface area contributed by atoms with Gasteiger partial charge in [0.05, 0.1) is 5.57 Å². The van der Waals surface area contributed by atoms with Crippen molar-refractivity contribution in [2.75, 3.05) is 0 Å². The minimum absolute atomic E-state index is 0.00287. The molecule has 0 aromatic heterocycles. The lowest BCUT2D eigenvalue weighted by molar-refractivity contribution is -0.0943. The Morgan fingerprint density at radius 1 is 1.33 bits per heavy atom. The average molecular weight is 308 g/mol. The van der Waals surface area contributed by atoms with Crippen molar-refractivity contribution in [3.63, 3.8) is 0 Å². The molecule has 0 bridgehead atoms. The maximum Gasteiger partial charge on any atom is 0.414 e. The molecule has 12 heavy (non-hydrogen) atoms. The van der Waals surface area contributed by atoms with E-state index in [0.717, 1.165) is 3.58 Å². The smallest absolute Gasteiger partial charge is 0.166 e. The summed E-state index contributed by atoms with van der Waals surface area (Å²) in [6, 6.07) is 0. The van der Waals surface area contributed by atoms with Gasteiger partial charge in [0, 0.05) is 5.03 Å². The Morgan fingerprint density at radius 2 is 1.92 bits per heavy atom. The minimum Gasteiger partial charge on any atom is -0.166 e. The molecule has 0 saturated heterocycles. The molecule has 0 atom stereocenters. The lowest BCUT2D eigenvalue weighted by atomic mass is 10.0. The first-order chi connectivity index (χ1) is 5.41. The van der Waals surface area contributed by atoms with Gasteiger partial charge in [-0.2, -0.15) is 13.2 Å². The van der Waals surface area contributed by atoms with E-state index >= 15 is 0 Å². The molecule has 0 N–H and O–H groups in total. The van der Waals surface area contributed by atoms with Gasteiger partial charge in [0.15, 0.2) is 0 Å². The van der Waals surface area contributed by atoms with Crippen LogP contribution in [0.2, 0.25) is 0 Å². The maximum absolute atomic E-state index is 12.1. The highest BCUT2D eigenvalue weighted by molar-refractivity contribution is 14.1. The number of hydrogen-bond donors (Lipinski definition) is 0. The van der Waals surface area contributed by atoms with E-state index in [-0.39, 0.29) is 11.5 Å². The van der Waals surface area contributed by atoms with Crippen LogP contribution in [-0.4, -0.2) is 6.18 Å². The average Bonchev–Trinajstić information content (AvgIpc) is 1.83. The molecule has 68 valence electrons. The van der Waals surface area contributed by atoms with Crippen LogP contribution in [0.5, 0.6) is 0 Å². The molecule has 0 aromatic rings. The van der Waals surface area contributed by atoms with Crippen LogP contribution in [-0.2, 0) is 0 Å². The van der Waals surface area contributed by atoms with E-state index in [4.69, 9.17) is 11.6 Å². The lowest BCUT2D eigenvalue weighted by Crippen LogP contribution is -2.14. The summed E-state index contributed by atoms with van der Waals surface area (Å²) in [7, 11) is 0. The zero-order chi connectivity index (χ0) is 9.35. The molecular formula is C7H5ClF3I. The van der Waals surface area contributed by atoms with Gasteiger partial charge in [-0.25, -0.2) is 0 Å². The second-order valence-corrected chi connectivity index (χ2v) is 4.21. The second kappa shape index (κ2) is 3.57. The van der Waals surface area contributed by atoms with Crippen molar-refractivity contribution in [2.24, 2.45) is 0 Å². The van der Waals surface area contributed by atoms with Gasteiger partial charge in [-0.05, 0) is 45.1 Å². The van der Waals surface area contributed by atoms with Gasteiger partial charge >= 0.3 is 6.18 Å². The molecule has 0 spiro atoms. The predicted octanol–water partition coefficient (Wildman–Crippen LogP) is 4.15. The van der Waals surface area contributed by atoms with Gasteiger partial charge in [0.2, 0.25) is 0 Å². The third-order valence-corrected chi connectivity index (χ3v) is 2.72. The Labute approximate surface area is 86.6 Å². The quantitative estimate of drug-likeness (QED) is 0.590. The van der Waals surface area contributed by atoms with Gasteiger partial charge < -0.3 is 0 Å². The lowest BCUT2D eigenvalue weighted by Gasteiger charge is -2.16. The van der Waals surface area contributed by atoms with Gasteiger partial charge in [-0.1, -0.05) is 11.6 Å². The van der Waals surface area contributed by atoms with Gasteiger partial charge in [-0.15, -0.1) is 0 Å². The molecule has 1 aliphatic carbocycles. The number of halogens is 5. The summed E-state index contributed by atoms with van der Waals surface area (Å²) in [6.45, 7) is 0. The van der Waals surface area contributed by atoms with E-state index in [1.165, 1.54) is 6.08 Å². The third-order valence-electron chi connectivity index (χ3n) is 1.53. The van der Waals surface area contributed by atoms with Gasteiger partial charge in [0.1, 0.15) is 0 Å². The summed E-state index contributed by atoms with van der Waals surface area (Å²) >= 11 is 7.43. The normalized spacial score (nSPS) is 19.6. The van der Waals surface area contributed by atoms with E-state index in [0.29, 0.717) is 6.42 Å². The zero-order valence-electron chi connectivity index (χ0n) is 5.88. The molecule has 1 rings (SSSR count). The molecular weight excluding hydrogens is 303 g/mol.